The number of ether oxygens (including phenoxy) is 2. The summed E-state index contributed by atoms with van der Waals surface area (Å²) in [6, 6.07) is 17.1. The first-order chi connectivity index (χ1) is 12.6. The Hall–Kier alpha value is -2.61. The minimum atomic E-state index is -0.256. The van der Waals surface area contributed by atoms with Gasteiger partial charge in [-0.3, -0.25) is 4.79 Å². The number of hydrogen-bond donors (Lipinski definition) is 1. The molecule has 0 heterocycles. The van der Waals surface area contributed by atoms with E-state index in [1.54, 1.807) is 32.6 Å². The van der Waals surface area contributed by atoms with Crippen molar-refractivity contribution in [2.45, 2.75) is 0 Å². The average Bonchev–Trinajstić information content (AvgIpc) is 2.67. The van der Waals surface area contributed by atoms with Crippen molar-refractivity contribution in [3.63, 3.8) is 0 Å². The zero-order valence-corrected chi connectivity index (χ0v) is 16.5. The Balaban J connectivity index is 1.80. The topological polar surface area (TPSA) is 59.9 Å². The van der Waals surface area contributed by atoms with E-state index in [0.29, 0.717) is 17.1 Å². The van der Waals surface area contributed by atoms with Crippen LogP contribution in [0.15, 0.2) is 59.7 Å². The van der Waals surface area contributed by atoms with Crippen molar-refractivity contribution in [2.24, 2.45) is 5.10 Å². The number of halogens is 1. The molecule has 0 spiro atoms. The summed E-state index contributed by atoms with van der Waals surface area (Å²) in [5, 5.41) is 5.98. The van der Waals surface area contributed by atoms with E-state index in [9.17, 15) is 4.79 Å². The summed E-state index contributed by atoms with van der Waals surface area (Å²) < 4.78 is 11.5. The first-order valence-electron chi connectivity index (χ1n) is 7.86. The van der Waals surface area contributed by atoms with Crippen LogP contribution in [0.25, 0.3) is 10.8 Å². The van der Waals surface area contributed by atoms with E-state index in [1.165, 1.54) is 0 Å². The minimum absolute atomic E-state index is 0.256. The second kappa shape index (κ2) is 8.18. The molecule has 1 N–H and O–H groups in total. The fraction of sp³-hybridized carbons (Fsp3) is 0.100. The van der Waals surface area contributed by atoms with Crippen LogP contribution in [-0.2, 0) is 0 Å². The fourth-order valence-corrected chi connectivity index (χ4v) is 3.51. The minimum Gasteiger partial charge on any atom is -0.493 e. The molecule has 0 saturated carbocycles. The number of amides is 1. The summed E-state index contributed by atoms with van der Waals surface area (Å²) in [5.41, 5.74) is 3.96. The molecule has 0 aliphatic heterocycles. The maximum atomic E-state index is 12.5. The maximum Gasteiger partial charge on any atom is 0.271 e. The molecular weight excluding hydrogens is 443 g/mol. The maximum absolute atomic E-state index is 12.5. The van der Waals surface area contributed by atoms with Gasteiger partial charge in [0.15, 0.2) is 11.5 Å². The van der Waals surface area contributed by atoms with Gasteiger partial charge in [-0.15, -0.1) is 0 Å². The molecule has 26 heavy (non-hydrogen) atoms. The van der Waals surface area contributed by atoms with Crippen LogP contribution in [0.4, 0.5) is 0 Å². The molecule has 0 aliphatic carbocycles. The highest BCUT2D eigenvalue weighted by Gasteiger charge is 2.10. The number of nitrogens with one attached hydrogen (secondary N) is 1. The average molecular weight is 460 g/mol. The van der Waals surface area contributed by atoms with Crippen molar-refractivity contribution in [1.82, 2.24) is 5.43 Å². The number of hydrazone groups is 1. The van der Waals surface area contributed by atoms with Gasteiger partial charge in [-0.25, -0.2) is 5.43 Å². The number of fused-ring (bicyclic) bond motifs is 1. The number of hydrogen-bond acceptors (Lipinski definition) is 4. The van der Waals surface area contributed by atoms with Gasteiger partial charge in [-0.2, -0.15) is 5.10 Å². The van der Waals surface area contributed by atoms with Crippen LogP contribution in [0.1, 0.15) is 15.9 Å². The van der Waals surface area contributed by atoms with Crippen molar-refractivity contribution in [3.8, 4) is 11.5 Å². The van der Waals surface area contributed by atoms with E-state index in [2.05, 4.69) is 33.1 Å². The fourth-order valence-electron chi connectivity index (χ4n) is 2.66. The van der Waals surface area contributed by atoms with Gasteiger partial charge < -0.3 is 9.47 Å². The highest BCUT2D eigenvalue weighted by Crippen LogP contribution is 2.33. The van der Waals surface area contributed by atoms with E-state index in [1.807, 2.05) is 42.5 Å². The van der Waals surface area contributed by atoms with Gasteiger partial charge in [0.1, 0.15) is 0 Å². The van der Waals surface area contributed by atoms with E-state index in [0.717, 1.165) is 19.9 Å². The van der Waals surface area contributed by atoms with Crippen LogP contribution in [0.3, 0.4) is 0 Å². The monoisotopic (exact) mass is 460 g/mol. The molecule has 0 aliphatic rings. The van der Waals surface area contributed by atoms with Crippen LogP contribution < -0.4 is 14.9 Å². The summed E-state index contributed by atoms with van der Waals surface area (Å²) in [5.74, 6) is 1.03. The van der Waals surface area contributed by atoms with E-state index in [4.69, 9.17) is 9.47 Å². The number of carbonyl (C=O) groups is 1. The molecule has 6 heteroatoms. The molecule has 0 bridgehead atoms. The lowest BCUT2D eigenvalue weighted by Crippen LogP contribution is -2.17. The van der Waals surface area contributed by atoms with Crippen LogP contribution >= 0.6 is 22.6 Å². The molecule has 0 atom stereocenters. The summed E-state index contributed by atoms with van der Waals surface area (Å²) in [6.45, 7) is 0. The Morgan fingerprint density at radius 3 is 2.62 bits per heavy atom. The molecule has 0 saturated heterocycles. The highest BCUT2D eigenvalue weighted by atomic mass is 127. The Labute approximate surface area is 165 Å². The normalized spacial score (nSPS) is 10.9. The second-order valence-corrected chi connectivity index (χ2v) is 6.63. The highest BCUT2D eigenvalue weighted by molar-refractivity contribution is 14.1. The van der Waals surface area contributed by atoms with Crippen LogP contribution in [0, 0.1) is 3.57 Å². The molecule has 0 unspecified atom stereocenters. The zero-order valence-electron chi connectivity index (χ0n) is 14.3. The van der Waals surface area contributed by atoms with Gasteiger partial charge >= 0.3 is 0 Å². The third kappa shape index (κ3) is 3.80. The van der Waals surface area contributed by atoms with Gasteiger partial charge in [0.25, 0.3) is 5.91 Å². The Morgan fingerprint density at radius 1 is 1.08 bits per heavy atom. The predicted molar refractivity (Wildman–Crippen MR) is 111 cm³/mol. The van der Waals surface area contributed by atoms with Crippen LogP contribution in [-0.4, -0.2) is 26.3 Å². The molecule has 1 amide bonds. The lowest BCUT2D eigenvalue weighted by molar-refractivity contribution is 0.0957. The molecule has 132 valence electrons. The summed E-state index contributed by atoms with van der Waals surface area (Å²) >= 11 is 2.16. The largest absolute Gasteiger partial charge is 0.493 e. The molecular formula is C20H17IN2O3. The Kier molecular flexibility index (Phi) is 5.72. The first-order valence-corrected chi connectivity index (χ1v) is 8.94. The van der Waals surface area contributed by atoms with Crippen molar-refractivity contribution in [1.29, 1.82) is 0 Å². The molecule has 3 aromatic rings. The lowest BCUT2D eigenvalue weighted by atomic mass is 10.0. The SMILES string of the molecule is COc1cc(/C=N/NC(=O)c2cccc3ccccc23)cc(I)c1OC. The summed E-state index contributed by atoms with van der Waals surface area (Å²) in [4.78, 5) is 12.5. The van der Waals surface area contributed by atoms with Crippen molar-refractivity contribution < 1.29 is 14.3 Å². The zero-order chi connectivity index (χ0) is 18.5. The lowest BCUT2D eigenvalue weighted by Gasteiger charge is -2.10. The van der Waals surface area contributed by atoms with E-state index < -0.39 is 0 Å². The molecule has 3 rings (SSSR count). The van der Waals surface area contributed by atoms with Gasteiger partial charge in [0, 0.05) is 5.56 Å². The van der Waals surface area contributed by atoms with Crippen LogP contribution in [0.2, 0.25) is 0 Å². The van der Waals surface area contributed by atoms with Crippen LogP contribution in [0.5, 0.6) is 11.5 Å². The second-order valence-electron chi connectivity index (χ2n) is 5.46. The number of rotatable bonds is 5. The quantitative estimate of drug-likeness (QED) is 0.353. The van der Waals surface area contributed by atoms with Gasteiger partial charge in [0.05, 0.1) is 24.0 Å². The first kappa shape index (κ1) is 18.2. The van der Waals surface area contributed by atoms with Crippen molar-refractivity contribution in [3.05, 3.63) is 69.3 Å². The Bertz CT molecular complexity index is 981. The van der Waals surface area contributed by atoms with Gasteiger partial charge in [-0.05, 0) is 57.1 Å². The van der Waals surface area contributed by atoms with Gasteiger partial charge in [-0.1, -0.05) is 36.4 Å². The third-order valence-electron chi connectivity index (χ3n) is 3.87. The molecule has 0 aromatic heterocycles. The molecule has 5 nitrogen and oxygen atoms in total. The van der Waals surface area contributed by atoms with E-state index >= 15 is 0 Å². The van der Waals surface area contributed by atoms with Crippen molar-refractivity contribution >= 4 is 45.5 Å². The molecule has 3 aromatic carbocycles. The number of nitrogens with zero attached hydrogens (tertiary/aromatic N) is 1. The summed E-state index contributed by atoms with van der Waals surface area (Å²) in [6.07, 6.45) is 1.58. The van der Waals surface area contributed by atoms with Crippen molar-refractivity contribution in [2.75, 3.05) is 14.2 Å². The molecule has 0 radical (unpaired) electrons. The standard InChI is InChI=1S/C20H17IN2O3/c1-25-18-11-13(10-17(21)19(18)26-2)12-22-23-20(24)16-9-5-7-14-6-3-4-8-15(14)16/h3-12H,1-2H3,(H,23,24)/b22-12+. The number of benzene rings is 3. The number of carbonyl (C=O) groups excluding carboxylic acids is 1. The Morgan fingerprint density at radius 2 is 1.85 bits per heavy atom. The third-order valence-corrected chi connectivity index (χ3v) is 4.67. The van der Waals surface area contributed by atoms with Gasteiger partial charge in [0.2, 0.25) is 0 Å². The van der Waals surface area contributed by atoms with E-state index in [-0.39, 0.29) is 5.91 Å². The summed E-state index contributed by atoms with van der Waals surface area (Å²) in [7, 11) is 3.18. The predicted octanol–water partition coefficient (Wildman–Crippen LogP) is 4.23. The molecule has 0 fully saturated rings. The smallest absolute Gasteiger partial charge is 0.271 e. The number of methoxy groups -OCH3 is 2.